The number of hydrogen-bond acceptors (Lipinski definition) is 1. The first-order chi connectivity index (χ1) is 4.18. The Bertz CT molecular complexity index is 65.0. The van der Waals surface area contributed by atoms with Crippen molar-refractivity contribution in [3.8, 4) is 0 Å². The van der Waals surface area contributed by atoms with Crippen LogP contribution in [0.4, 0.5) is 0 Å². The van der Waals surface area contributed by atoms with Gasteiger partial charge in [0.25, 0.3) is 0 Å². The molecule has 55 valence electrons. The van der Waals surface area contributed by atoms with E-state index in [-0.39, 0.29) is 5.41 Å². The van der Waals surface area contributed by atoms with Crippen LogP contribution in [0.5, 0.6) is 0 Å². The zero-order valence-electron chi connectivity index (χ0n) is 6.74. The molecule has 0 aliphatic rings. The fraction of sp³-hybridized carbons (Fsp3) is 0.875. The molecule has 0 unspecified atom stereocenters. The maximum atomic E-state index is 5.03. The molecule has 0 atom stereocenters. The summed E-state index contributed by atoms with van der Waals surface area (Å²) in [6.45, 7) is 9.15. The first-order valence-corrected chi connectivity index (χ1v) is 3.53. The Kier molecular flexibility index (Phi) is 3.87. The van der Waals surface area contributed by atoms with E-state index in [0.29, 0.717) is 0 Å². The van der Waals surface area contributed by atoms with E-state index < -0.39 is 0 Å². The van der Waals surface area contributed by atoms with Crippen LogP contribution >= 0.6 is 0 Å². The van der Waals surface area contributed by atoms with E-state index in [1.807, 2.05) is 0 Å². The SMILES string of the molecule is [CH2]C(CC)(CC)COC. The molecule has 0 aromatic rings. The van der Waals surface area contributed by atoms with Crippen molar-refractivity contribution in [2.45, 2.75) is 26.7 Å². The van der Waals surface area contributed by atoms with Crippen LogP contribution < -0.4 is 0 Å². The number of rotatable bonds is 4. The van der Waals surface area contributed by atoms with E-state index in [1.165, 1.54) is 0 Å². The molecule has 0 aliphatic heterocycles. The topological polar surface area (TPSA) is 9.23 Å². The zero-order chi connectivity index (χ0) is 7.33. The average molecular weight is 129 g/mol. The summed E-state index contributed by atoms with van der Waals surface area (Å²) in [4.78, 5) is 0. The van der Waals surface area contributed by atoms with E-state index in [2.05, 4.69) is 20.8 Å². The molecule has 1 heteroatoms. The highest BCUT2D eigenvalue weighted by atomic mass is 16.5. The molecule has 0 N–H and O–H groups in total. The Hall–Kier alpha value is -0.0400. The number of methoxy groups -OCH3 is 1. The maximum absolute atomic E-state index is 5.03. The van der Waals surface area contributed by atoms with Gasteiger partial charge in [0.1, 0.15) is 0 Å². The fourth-order valence-electron chi connectivity index (χ4n) is 0.760. The van der Waals surface area contributed by atoms with Crippen LogP contribution in [-0.4, -0.2) is 13.7 Å². The minimum atomic E-state index is 0.161. The molecule has 1 radical (unpaired) electrons. The summed E-state index contributed by atoms with van der Waals surface area (Å²) in [6, 6.07) is 0. The molecule has 0 aliphatic carbocycles. The molecule has 0 saturated carbocycles. The largest absolute Gasteiger partial charge is 0.384 e. The molecule has 0 rings (SSSR count). The van der Waals surface area contributed by atoms with Crippen LogP contribution in [0.1, 0.15) is 26.7 Å². The molecule has 0 bridgehead atoms. The lowest BCUT2D eigenvalue weighted by Crippen LogP contribution is -2.20. The third-order valence-corrected chi connectivity index (χ3v) is 1.95. The van der Waals surface area contributed by atoms with Gasteiger partial charge in [0.05, 0.1) is 6.61 Å². The summed E-state index contributed by atoms with van der Waals surface area (Å²) >= 11 is 0. The highest BCUT2D eigenvalue weighted by Crippen LogP contribution is 2.24. The van der Waals surface area contributed by atoms with Gasteiger partial charge in [0, 0.05) is 7.11 Å². The van der Waals surface area contributed by atoms with Gasteiger partial charge < -0.3 is 4.74 Å². The maximum Gasteiger partial charge on any atom is 0.0518 e. The van der Waals surface area contributed by atoms with E-state index in [0.717, 1.165) is 19.4 Å². The first-order valence-electron chi connectivity index (χ1n) is 3.53. The van der Waals surface area contributed by atoms with Crippen molar-refractivity contribution in [1.82, 2.24) is 0 Å². The minimum absolute atomic E-state index is 0.161. The molecule has 0 heterocycles. The van der Waals surface area contributed by atoms with Crippen LogP contribution in [-0.2, 0) is 4.74 Å². The second-order valence-electron chi connectivity index (χ2n) is 2.64. The molecule has 0 spiro atoms. The minimum Gasteiger partial charge on any atom is -0.384 e. The van der Waals surface area contributed by atoms with Crippen molar-refractivity contribution in [2.24, 2.45) is 5.41 Å². The second-order valence-corrected chi connectivity index (χ2v) is 2.64. The van der Waals surface area contributed by atoms with Crippen LogP contribution in [0.25, 0.3) is 0 Å². The molecule has 1 nitrogen and oxygen atoms in total. The van der Waals surface area contributed by atoms with Gasteiger partial charge in [-0.05, 0) is 25.2 Å². The van der Waals surface area contributed by atoms with E-state index in [1.54, 1.807) is 7.11 Å². The molecule has 0 fully saturated rings. The standard InChI is InChI=1S/C8H17O/c1-5-8(3,6-2)7-9-4/h3,5-7H2,1-2,4H3. The van der Waals surface area contributed by atoms with Crippen molar-refractivity contribution in [1.29, 1.82) is 0 Å². The molecular weight excluding hydrogens is 112 g/mol. The van der Waals surface area contributed by atoms with E-state index >= 15 is 0 Å². The van der Waals surface area contributed by atoms with Gasteiger partial charge in [-0.1, -0.05) is 13.8 Å². The smallest absolute Gasteiger partial charge is 0.0518 e. The first kappa shape index (κ1) is 8.96. The molecule has 0 saturated heterocycles. The lowest BCUT2D eigenvalue weighted by molar-refractivity contribution is 0.104. The molecule has 9 heavy (non-hydrogen) atoms. The number of ether oxygens (including phenoxy) is 1. The average Bonchev–Trinajstić information content (AvgIpc) is 1.89. The van der Waals surface area contributed by atoms with E-state index in [9.17, 15) is 0 Å². The lowest BCUT2D eigenvalue weighted by atomic mass is 9.86. The van der Waals surface area contributed by atoms with Gasteiger partial charge in [-0.2, -0.15) is 0 Å². The van der Waals surface area contributed by atoms with Crippen molar-refractivity contribution >= 4 is 0 Å². The highest BCUT2D eigenvalue weighted by molar-refractivity contribution is 4.77. The summed E-state index contributed by atoms with van der Waals surface area (Å²) < 4.78 is 5.03. The third-order valence-electron chi connectivity index (χ3n) is 1.95. The normalized spacial score (nSPS) is 12.0. The van der Waals surface area contributed by atoms with Gasteiger partial charge in [0.15, 0.2) is 0 Å². The summed E-state index contributed by atoms with van der Waals surface area (Å²) in [6.07, 6.45) is 2.19. The summed E-state index contributed by atoms with van der Waals surface area (Å²) in [5.41, 5.74) is 0.161. The van der Waals surface area contributed by atoms with Crippen molar-refractivity contribution in [3.63, 3.8) is 0 Å². The molecular formula is C8H17O. The van der Waals surface area contributed by atoms with Crippen LogP contribution in [0.3, 0.4) is 0 Å². The summed E-state index contributed by atoms with van der Waals surface area (Å²) in [5, 5.41) is 0. The predicted molar refractivity (Wildman–Crippen MR) is 40.2 cm³/mol. The van der Waals surface area contributed by atoms with Crippen molar-refractivity contribution in [3.05, 3.63) is 6.92 Å². The fourth-order valence-corrected chi connectivity index (χ4v) is 0.760. The Morgan fingerprint density at radius 3 is 1.89 bits per heavy atom. The highest BCUT2D eigenvalue weighted by Gasteiger charge is 2.18. The monoisotopic (exact) mass is 129 g/mol. The Morgan fingerprint density at radius 2 is 1.78 bits per heavy atom. The van der Waals surface area contributed by atoms with Crippen molar-refractivity contribution < 1.29 is 4.74 Å². The van der Waals surface area contributed by atoms with Crippen LogP contribution in [0, 0.1) is 12.3 Å². The molecule has 0 aromatic heterocycles. The second kappa shape index (κ2) is 3.89. The predicted octanol–water partition coefficient (Wildman–Crippen LogP) is 2.27. The van der Waals surface area contributed by atoms with Gasteiger partial charge in [-0.15, -0.1) is 0 Å². The van der Waals surface area contributed by atoms with Gasteiger partial charge in [-0.25, -0.2) is 0 Å². The van der Waals surface area contributed by atoms with Crippen LogP contribution in [0.15, 0.2) is 0 Å². The quantitative estimate of drug-likeness (QED) is 0.565. The van der Waals surface area contributed by atoms with Gasteiger partial charge in [0.2, 0.25) is 0 Å². The molecule has 0 amide bonds. The number of hydrogen-bond donors (Lipinski definition) is 0. The summed E-state index contributed by atoms with van der Waals surface area (Å²) in [5.74, 6) is 0. The molecule has 0 aromatic carbocycles. The van der Waals surface area contributed by atoms with Gasteiger partial charge >= 0.3 is 0 Å². The Labute approximate surface area is 58.4 Å². The van der Waals surface area contributed by atoms with Crippen molar-refractivity contribution in [2.75, 3.05) is 13.7 Å². The summed E-state index contributed by atoms with van der Waals surface area (Å²) in [7, 11) is 1.73. The zero-order valence-corrected chi connectivity index (χ0v) is 6.74. The van der Waals surface area contributed by atoms with E-state index in [4.69, 9.17) is 4.74 Å². The Morgan fingerprint density at radius 1 is 1.33 bits per heavy atom. The Balaban J connectivity index is 3.62. The van der Waals surface area contributed by atoms with Gasteiger partial charge in [-0.3, -0.25) is 0 Å². The van der Waals surface area contributed by atoms with Crippen LogP contribution in [0.2, 0.25) is 0 Å². The third kappa shape index (κ3) is 2.85. The lowest BCUT2D eigenvalue weighted by Gasteiger charge is -2.24.